The number of nitrogens with zero attached hydrogens (tertiary/aromatic N) is 1. The SMILES string of the molecule is NC(=O)c1ccc(NC(=O)C2CCN(C(=O)c3ccc(F)cc3)CC2)cc1. The Morgan fingerprint density at radius 2 is 1.48 bits per heavy atom. The van der Waals surface area contributed by atoms with Crippen LogP contribution in [-0.2, 0) is 4.79 Å². The van der Waals surface area contributed by atoms with E-state index in [1.165, 1.54) is 24.3 Å². The Morgan fingerprint density at radius 1 is 0.926 bits per heavy atom. The van der Waals surface area contributed by atoms with Crippen molar-refractivity contribution in [3.05, 3.63) is 65.5 Å². The molecule has 140 valence electrons. The van der Waals surface area contributed by atoms with Gasteiger partial charge in [-0.25, -0.2) is 4.39 Å². The Morgan fingerprint density at radius 3 is 2.04 bits per heavy atom. The summed E-state index contributed by atoms with van der Waals surface area (Å²) in [5.74, 6) is -1.37. The number of piperidine rings is 1. The zero-order valence-corrected chi connectivity index (χ0v) is 14.7. The molecule has 7 heteroatoms. The lowest BCUT2D eigenvalue weighted by Gasteiger charge is -2.31. The molecule has 2 aromatic carbocycles. The zero-order chi connectivity index (χ0) is 19.4. The molecule has 3 N–H and O–H groups in total. The summed E-state index contributed by atoms with van der Waals surface area (Å²) in [7, 11) is 0. The first-order valence-electron chi connectivity index (χ1n) is 8.69. The maximum Gasteiger partial charge on any atom is 0.253 e. The number of benzene rings is 2. The summed E-state index contributed by atoms with van der Waals surface area (Å²) >= 11 is 0. The molecular formula is C20H20FN3O3. The van der Waals surface area contributed by atoms with Crippen LogP contribution >= 0.6 is 0 Å². The number of hydrogen-bond acceptors (Lipinski definition) is 3. The van der Waals surface area contributed by atoms with Gasteiger partial charge in [-0.05, 0) is 61.4 Å². The number of carbonyl (C=O) groups excluding carboxylic acids is 3. The monoisotopic (exact) mass is 369 g/mol. The third-order valence-corrected chi connectivity index (χ3v) is 4.68. The van der Waals surface area contributed by atoms with Crippen molar-refractivity contribution in [3.8, 4) is 0 Å². The molecule has 0 radical (unpaired) electrons. The second-order valence-corrected chi connectivity index (χ2v) is 6.50. The molecule has 1 aliphatic heterocycles. The van der Waals surface area contributed by atoms with E-state index in [4.69, 9.17) is 5.73 Å². The van der Waals surface area contributed by atoms with Gasteiger partial charge in [-0.3, -0.25) is 14.4 Å². The molecule has 1 saturated heterocycles. The largest absolute Gasteiger partial charge is 0.366 e. The predicted octanol–water partition coefficient (Wildman–Crippen LogP) is 2.42. The van der Waals surface area contributed by atoms with Gasteiger partial charge in [0.05, 0.1) is 0 Å². The number of nitrogens with two attached hydrogens (primary N) is 1. The molecule has 1 fully saturated rings. The molecule has 3 amide bonds. The van der Waals surface area contributed by atoms with Crippen molar-refractivity contribution in [1.82, 2.24) is 4.90 Å². The molecular weight excluding hydrogens is 349 g/mol. The van der Waals surface area contributed by atoms with Gasteiger partial charge in [-0.2, -0.15) is 0 Å². The van der Waals surface area contributed by atoms with Crippen molar-refractivity contribution in [1.29, 1.82) is 0 Å². The first-order chi connectivity index (χ1) is 12.9. The van der Waals surface area contributed by atoms with Crippen LogP contribution in [0.15, 0.2) is 48.5 Å². The minimum Gasteiger partial charge on any atom is -0.366 e. The standard InChI is InChI=1S/C20H20FN3O3/c21-16-5-1-15(2-6-16)20(27)24-11-9-14(10-12-24)19(26)23-17-7-3-13(4-8-17)18(22)25/h1-8,14H,9-12H2,(H2,22,25)(H,23,26). The van der Waals surface area contributed by atoms with Crippen molar-refractivity contribution in [3.63, 3.8) is 0 Å². The van der Waals surface area contributed by atoms with Gasteiger partial charge in [0.15, 0.2) is 0 Å². The van der Waals surface area contributed by atoms with Gasteiger partial charge in [0.2, 0.25) is 11.8 Å². The average molecular weight is 369 g/mol. The van der Waals surface area contributed by atoms with Crippen LogP contribution in [0.25, 0.3) is 0 Å². The summed E-state index contributed by atoms with van der Waals surface area (Å²) in [6.45, 7) is 0.934. The average Bonchev–Trinajstić information content (AvgIpc) is 2.68. The van der Waals surface area contributed by atoms with Gasteiger partial charge in [0.25, 0.3) is 5.91 Å². The quantitative estimate of drug-likeness (QED) is 0.867. The van der Waals surface area contributed by atoms with Crippen molar-refractivity contribution in [2.75, 3.05) is 18.4 Å². The van der Waals surface area contributed by atoms with Gasteiger partial charge in [0, 0.05) is 35.8 Å². The Balaban J connectivity index is 1.53. The molecule has 3 rings (SSSR count). The van der Waals surface area contributed by atoms with Gasteiger partial charge in [-0.1, -0.05) is 0 Å². The Labute approximate surface area is 156 Å². The molecule has 0 atom stereocenters. The van der Waals surface area contributed by atoms with Crippen molar-refractivity contribution in [2.45, 2.75) is 12.8 Å². The Kier molecular flexibility index (Phi) is 5.49. The number of primary amides is 1. The topological polar surface area (TPSA) is 92.5 Å². The smallest absolute Gasteiger partial charge is 0.253 e. The molecule has 0 aromatic heterocycles. The highest BCUT2D eigenvalue weighted by molar-refractivity contribution is 5.96. The summed E-state index contributed by atoms with van der Waals surface area (Å²) in [5, 5.41) is 2.82. The number of carbonyl (C=O) groups is 3. The second-order valence-electron chi connectivity index (χ2n) is 6.50. The number of anilines is 1. The van der Waals surface area contributed by atoms with E-state index < -0.39 is 5.91 Å². The fourth-order valence-corrected chi connectivity index (χ4v) is 3.08. The fourth-order valence-electron chi connectivity index (χ4n) is 3.08. The van der Waals surface area contributed by atoms with Crippen LogP contribution in [0.5, 0.6) is 0 Å². The van der Waals surface area contributed by atoms with E-state index in [2.05, 4.69) is 5.32 Å². The minimum atomic E-state index is -0.522. The summed E-state index contributed by atoms with van der Waals surface area (Å²) in [4.78, 5) is 37.6. The Hall–Kier alpha value is -3.22. The number of hydrogen-bond donors (Lipinski definition) is 2. The highest BCUT2D eigenvalue weighted by Gasteiger charge is 2.27. The van der Waals surface area contributed by atoms with Crippen LogP contribution in [0.1, 0.15) is 33.6 Å². The molecule has 2 aromatic rings. The fraction of sp³-hybridized carbons (Fsp3) is 0.250. The lowest BCUT2D eigenvalue weighted by atomic mass is 9.95. The first kappa shape index (κ1) is 18.6. The molecule has 1 heterocycles. The van der Waals surface area contributed by atoms with Crippen LogP contribution in [0.2, 0.25) is 0 Å². The van der Waals surface area contributed by atoms with E-state index in [0.717, 1.165) is 0 Å². The molecule has 6 nitrogen and oxygen atoms in total. The summed E-state index contributed by atoms with van der Waals surface area (Å²) in [5.41, 5.74) is 6.60. The van der Waals surface area contributed by atoms with E-state index >= 15 is 0 Å². The number of nitrogens with one attached hydrogen (secondary N) is 1. The van der Waals surface area contributed by atoms with Gasteiger partial charge in [-0.15, -0.1) is 0 Å². The molecule has 0 unspecified atom stereocenters. The van der Waals surface area contributed by atoms with E-state index in [-0.39, 0.29) is 23.5 Å². The van der Waals surface area contributed by atoms with Gasteiger partial charge < -0.3 is 16.0 Å². The van der Waals surface area contributed by atoms with E-state index in [0.29, 0.717) is 42.7 Å². The van der Waals surface area contributed by atoms with Crippen LogP contribution in [0, 0.1) is 11.7 Å². The second kappa shape index (κ2) is 7.99. The highest BCUT2D eigenvalue weighted by Crippen LogP contribution is 2.21. The van der Waals surface area contributed by atoms with Crippen molar-refractivity contribution in [2.24, 2.45) is 11.7 Å². The molecule has 0 saturated carbocycles. The van der Waals surface area contributed by atoms with E-state index in [9.17, 15) is 18.8 Å². The van der Waals surface area contributed by atoms with Crippen LogP contribution < -0.4 is 11.1 Å². The maximum atomic E-state index is 13.0. The molecule has 0 bridgehead atoms. The summed E-state index contributed by atoms with van der Waals surface area (Å²) < 4.78 is 13.0. The van der Waals surface area contributed by atoms with Gasteiger partial charge in [0.1, 0.15) is 5.82 Å². The van der Waals surface area contributed by atoms with Crippen LogP contribution in [0.4, 0.5) is 10.1 Å². The number of amides is 3. The number of likely N-dealkylation sites (tertiary alicyclic amines) is 1. The third kappa shape index (κ3) is 4.49. The van der Waals surface area contributed by atoms with Gasteiger partial charge >= 0.3 is 0 Å². The van der Waals surface area contributed by atoms with Crippen molar-refractivity contribution < 1.29 is 18.8 Å². The first-order valence-corrected chi connectivity index (χ1v) is 8.69. The maximum absolute atomic E-state index is 13.0. The zero-order valence-electron chi connectivity index (χ0n) is 14.7. The van der Waals surface area contributed by atoms with Crippen molar-refractivity contribution >= 4 is 23.4 Å². The lowest BCUT2D eigenvalue weighted by molar-refractivity contribution is -0.121. The van der Waals surface area contributed by atoms with Crippen LogP contribution in [-0.4, -0.2) is 35.7 Å². The summed E-state index contributed by atoms with van der Waals surface area (Å²) in [6, 6.07) is 11.8. The Bertz CT molecular complexity index is 842. The van der Waals surface area contributed by atoms with Crippen LogP contribution in [0.3, 0.4) is 0 Å². The van der Waals surface area contributed by atoms with E-state index in [1.54, 1.807) is 29.2 Å². The molecule has 0 spiro atoms. The number of rotatable bonds is 4. The molecule has 1 aliphatic rings. The van der Waals surface area contributed by atoms with E-state index in [1.807, 2.05) is 0 Å². The number of halogens is 1. The normalized spacial score (nSPS) is 14.6. The molecule has 27 heavy (non-hydrogen) atoms. The predicted molar refractivity (Wildman–Crippen MR) is 98.6 cm³/mol. The lowest BCUT2D eigenvalue weighted by Crippen LogP contribution is -2.41. The minimum absolute atomic E-state index is 0.115. The summed E-state index contributed by atoms with van der Waals surface area (Å²) in [6.07, 6.45) is 1.11. The third-order valence-electron chi connectivity index (χ3n) is 4.68. The highest BCUT2D eigenvalue weighted by atomic mass is 19.1. The molecule has 0 aliphatic carbocycles.